The van der Waals surface area contributed by atoms with Crippen LogP contribution in [-0.4, -0.2) is 44.7 Å². The molecule has 0 radical (unpaired) electrons. The van der Waals surface area contributed by atoms with Gasteiger partial charge in [0.15, 0.2) is 0 Å². The molecule has 5 heteroatoms. The first-order valence-corrected chi connectivity index (χ1v) is 6.84. The number of carbonyl (C=O) groups is 1. The van der Waals surface area contributed by atoms with E-state index in [0.29, 0.717) is 18.0 Å². The minimum atomic E-state index is -0.332. The van der Waals surface area contributed by atoms with Gasteiger partial charge in [-0.25, -0.2) is 0 Å². The molecule has 1 aliphatic rings. The molecular formula is C15H22N2O3. The van der Waals surface area contributed by atoms with Crippen molar-refractivity contribution < 1.29 is 14.3 Å². The molecule has 0 spiro atoms. The molecule has 1 aromatic carbocycles. The topological polar surface area (TPSA) is 50.8 Å². The minimum absolute atomic E-state index is 0.0961. The van der Waals surface area contributed by atoms with Crippen molar-refractivity contribution in [2.45, 2.75) is 25.5 Å². The zero-order chi connectivity index (χ0) is 14.5. The molecule has 2 rings (SSSR count). The summed E-state index contributed by atoms with van der Waals surface area (Å²) >= 11 is 0. The van der Waals surface area contributed by atoms with Crippen molar-refractivity contribution in [2.24, 2.45) is 0 Å². The van der Waals surface area contributed by atoms with Gasteiger partial charge < -0.3 is 19.7 Å². The van der Waals surface area contributed by atoms with Gasteiger partial charge in [-0.05, 0) is 44.6 Å². The first kappa shape index (κ1) is 14.8. The Hall–Kier alpha value is -1.59. The van der Waals surface area contributed by atoms with Crippen molar-refractivity contribution in [1.29, 1.82) is 0 Å². The Labute approximate surface area is 119 Å². The summed E-state index contributed by atoms with van der Waals surface area (Å²) < 4.78 is 10.7. The number of anilines is 1. The average Bonchev–Trinajstić information content (AvgIpc) is 2.93. The SMILES string of the molecule is COc1cc(CN(C)C)ccc1NC(=O)[C@H]1CCCO1. The van der Waals surface area contributed by atoms with E-state index in [-0.39, 0.29) is 12.0 Å². The van der Waals surface area contributed by atoms with Crippen molar-refractivity contribution in [3.8, 4) is 5.75 Å². The number of nitrogens with zero attached hydrogens (tertiary/aromatic N) is 1. The summed E-state index contributed by atoms with van der Waals surface area (Å²) in [6, 6.07) is 5.82. The highest BCUT2D eigenvalue weighted by Crippen LogP contribution is 2.27. The summed E-state index contributed by atoms with van der Waals surface area (Å²) in [4.78, 5) is 14.1. The third kappa shape index (κ3) is 3.71. The first-order valence-electron chi connectivity index (χ1n) is 6.84. The smallest absolute Gasteiger partial charge is 0.253 e. The van der Waals surface area contributed by atoms with Gasteiger partial charge in [-0.2, -0.15) is 0 Å². The van der Waals surface area contributed by atoms with Crippen LogP contribution < -0.4 is 10.1 Å². The average molecular weight is 278 g/mol. The maximum atomic E-state index is 12.0. The van der Waals surface area contributed by atoms with Crippen molar-refractivity contribution >= 4 is 11.6 Å². The van der Waals surface area contributed by atoms with Crippen molar-refractivity contribution in [3.05, 3.63) is 23.8 Å². The molecule has 1 aromatic rings. The molecule has 0 aromatic heterocycles. The van der Waals surface area contributed by atoms with Gasteiger partial charge in [0.2, 0.25) is 0 Å². The summed E-state index contributed by atoms with van der Waals surface area (Å²) in [7, 11) is 5.63. The molecule has 5 nitrogen and oxygen atoms in total. The summed E-state index contributed by atoms with van der Waals surface area (Å²) in [6.07, 6.45) is 1.39. The Bertz CT molecular complexity index is 468. The van der Waals surface area contributed by atoms with Crippen LogP contribution >= 0.6 is 0 Å². The Morgan fingerprint density at radius 2 is 2.30 bits per heavy atom. The maximum absolute atomic E-state index is 12.0. The summed E-state index contributed by atoms with van der Waals surface area (Å²) in [5.41, 5.74) is 1.83. The van der Waals surface area contributed by atoms with Gasteiger partial charge in [0.25, 0.3) is 5.91 Å². The van der Waals surface area contributed by atoms with Crippen LogP contribution in [0.1, 0.15) is 18.4 Å². The number of rotatable bonds is 5. The molecular weight excluding hydrogens is 256 g/mol. The summed E-state index contributed by atoms with van der Waals surface area (Å²) in [5, 5.41) is 2.88. The van der Waals surface area contributed by atoms with E-state index in [1.807, 2.05) is 32.3 Å². The monoisotopic (exact) mass is 278 g/mol. The lowest BCUT2D eigenvalue weighted by molar-refractivity contribution is -0.124. The van der Waals surface area contributed by atoms with Crippen molar-refractivity contribution in [2.75, 3.05) is 33.1 Å². The zero-order valence-corrected chi connectivity index (χ0v) is 12.3. The molecule has 1 N–H and O–H groups in total. The highest BCUT2D eigenvalue weighted by molar-refractivity contribution is 5.95. The zero-order valence-electron chi connectivity index (χ0n) is 12.3. The first-order chi connectivity index (χ1) is 9.60. The van der Waals surface area contributed by atoms with Gasteiger partial charge in [-0.15, -0.1) is 0 Å². The van der Waals surface area contributed by atoms with Crippen LogP contribution in [0.25, 0.3) is 0 Å². The van der Waals surface area contributed by atoms with Gasteiger partial charge in [-0.3, -0.25) is 4.79 Å². The number of nitrogens with one attached hydrogen (secondary N) is 1. The second-order valence-electron chi connectivity index (χ2n) is 5.26. The standard InChI is InChI=1S/C15H22N2O3/c1-17(2)10-11-6-7-12(14(9-11)19-3)16-15(18)13-5-4-8-20-13/h6-7,9,13H,4-5,8,10H2,1-3H3,(H,16,18)/t13-/m1/s1. The molecule has 1 atom stereocenters. The fraction of sp³-hybridized carbons (Fsp3) is 0.533. The fourth-order valence-corrected chi connectivity index (χ4v) is 2.30. The molecule has 1 aliphatic heterocycles. The number of amides is 1. The lowest BCUT2D eigenvalue weighted by Crippen LogP contribution is -2.27. The highest BCUT2D eigenvalue weighted by Gasteiger charge is 2.24. The number of benzene rings is 1. The molecule has 1 saturated heterocycles. The number of hydrogen-bond acceptors (Lipinski definition) is 4. The molecule has 20 heavy (non-hydrogen) atoms. The number of carbonyl (C=O) groups excluding carboxylic acids is 1. The molecule has 0 unspecified atom stereocenters. The molecule has 0 aliphatic carbocycles. The van der Waals surface area contributed by atoms with E-state index in [2.05, 4.69) is 10.2 Å². The quantitative estimate of drug-likeness (QED) is 0.893. The Balaban J connectivity index is 2.08. The second-order valence-corrected chi connectivity index (χ2v) is 5.26. The third-order valence-electron chi connectivity index (χ3n) is 3.24. The van der Waals surface area contributed by atoms with Crippen LogP contribution in [0, 0.1) is 0 Å². The summed E-state index contributed by atoms with van der Waals surface area (Å²) in [6.45, 7) is 1.49. The van der Waals surface area contributed by atoms with Crippen molar-refractivity contribution in [1.82, 2.24) is 4.90 Å². The fourth-order valence-electron chi connectivity index (χ4n) is 2.30. The van der Waals surface area contributed by atoms with E-state index in [4.69, 9.17) is 9.47 Å². The Morgan fingerprint density at radius 3 is 2.90 bits per heavy atom. The lowest BCUT2D eigenvalue weighted by atomic mass is 10.1. The third-order valence-corrected chi connectivity index (χ3v) is 3.24. The molecule has 1 fully saturated rings. The second kappa shape index (κ2) is 6.72. The normalized spacial score (nSPS) is 18.3. The van der Waals surface area contributed by atoms with Crippen LogP contribution in [0.2, 0.25) is 0 Å². The van der Waals surface area contributed by atoms with E-state index >= 15 is 0 Å². The van der Waals surface area contributed by atoms with Gasteiger partial charge >= 0.3 is 0 Å². The largest absolute Gasteiger partial charge is 0.495 e. The predicted octanol–water partition coefficient (Wildman–Crippen LogP) is 1.87. The van der Waals surface area contributed by atoms with Crippen LogP contribution in [0.3, 0.4) is 0 Å². The van der Waals surface area contributed by atoms with Crippen molar-refractivity contribution in [3.63, 3.8) is 0 Å². The van der Waals surface area contributed by atoms with E-state index in [1.165, 1.54) is 0 Å². The molecule has 110 valence electrons. The molecule has 0 saturated carbocycles. The van der Waals surface area contributed by atoms with Gasteiger partial charge in [0.1, 0.15) is 11.9 Å². The Kier molecular flexibility index (Phi) is 4.98. The molecule has 1 amide bonds. The predicted molar refractivity (Wildman–Crippen MR) is 78.0 cm³/mol. The van der Waals surface area contributed by atoms with Crippen LogP contribution in [0.15, 0.2) is 18.2 Å². The van der Waals surface area contributed by atoms with Gasteiger partial charge in [0, 0.05) is 13.2 Å². The Morgan fingerprint density at radius 1 is 1.50 bits per heavy atom. The number of ether oxygens (including phenoxy) is 2. The lowest BCUT2D eigenvalue weighted by Gasteiger charge is -2.15. The van der Waals surface area contributed by atoms with Gasteiger partial charge in [0.05, 0.1) is 12.8 Å². The number of methoxy groups -OCH3 is 1. The van der Waals surface area contributed by atoms with Crippen LogP contribution in [0.4, 0.5) is 5.69 Å². The highest BCUT2D eigenvalue weighted by atomic mass is 16.5. The van der Waals surface area contributed by atoms with E-state index in [0.717, 1.165) is 24.9 Å². The number of hydrogen-bond donors (Lipinski definition) is 1. The van der Waals surface area contributed by atoms with E-state index < -0.39 is 0 Å². The molecule has 0 bridgehead atoms. The maximum Gasteiger partial charge on any atom is 0.253 e. The van der Waals surface area contributed by atoms with Gasteiger partial charge in [-0.1, -0.05) is 6.07 Å². The van der Waals surface area contributed by atoms with Crippen LogP contribution in [-0.2, 0) is 16.1 Å². The molecule has 1 heterocycles. The minimum Gasteiger partial charge on any atom is -0.495 e. The van der Waals surface area contributed by atoms with Crippen LogP contribution in [0.5, 0.6) is 5.75 Å². The van der Waals surface area contributed by atoms with E-state index in [1.54, 1.807) is 7.11 Å². The van der Waals surface area contributed by atoms with E-state index in [9.17, 15) is 4.79 Å². The summed E-state index contributed by atoms with van der Waals surface area (Å²) in [5.74, 6) is 0.580.